The second-order valence-electron chi connectivity index (χ2n) is 4.35. The summed E-state index contributed by atoms with van der Waals surface area (Å²) in [6.45, 7) is -7.90. The summed E-state index contributed by atoms with van der Waals surface area (Å²) in [4.78, 5) is 25.7. The van der Waals surface area contributed by atoms with Crippen LogP contribution in [0.5, 0.6) is 0 Å². The van der Waals surface area contributed by atoms with Crippen molar-refractivity contribution in [2.75, 3.05) is 0 Å². The summed E-state index contributed by atoms with van der Waals surface area (Å²) in [5, 5.41) is 11.0. The number of carboxylic acids is 1. The van der Waals surface area contributed by atoms with E-state index < -0.39 is 86.7 Å². The van der Waals surface area contributed by atoms with Gasteiger partial charge in [0.15, 0.2) is 0 Å². The van der Waals surface area contributed by atoms with Crippen molar-refractivity contribution < 1.29 is 40.7 Å². The number of rotatable bonds is 6. The van der Waals surface area contributed by atoms with Crippen LogP contribution >= 0.6 is 0 Å². The zero-order chi connectivity index (χ0) is 33.6. The van der Waals surface area contributed by atoms with Gasteiger partial charge in [0.25, 0.3) is 0 Å². The van der Waals surface area contributed by atoms with Crippen LogP contribution in [0.1, 0.15) is 70.8 Å². The van der Waals surface area contributed by atoms with Crippen LogP contribution in [0.2, 0.25) is 0 Å². The Morgan fingerprint density at radius 1 is 1.39 bits per heavy atom. The van der Waals surface area contributed by atoms with Gasteiger partial charge in [-0.15, -0.1) is 0 Å². The van der Waals surface area contributed by atoms with Crippen LogP contribution < -0.4 is 5.32 Å². The van der Waals surface area contributed by atoms with Crippen molar-refractivity contribution in [3.63, 3.8) is 0 Å². The highest BCUT2D eigenvalue weighted by molar-refractivity contribution is 5.85. The monoisotopic (exact) mass is 336 g/mol. The van der Waals surface area contributed by atoms with Gasteiger partial charge in [-0.3, -0.25) is 4.79 Å². The lowest BCUT2D eigenvalue weighted by molar-refractivity contribution is -0.142. The molecule has 2 rings (SSSR count). The third kappa shape index (κ3) is 5.08. The molecule has 4 heteroatoms. The highest BCUT2D eigenvalue weighted by Gasteiger charge is 2.30. The summed E-state index contributed by atoms with van der Waals surface area (Å²) in [7, 11) is 0. The van der Waals surface area contributed by atoms with Gasteiger partial charge in [0.05, 0.1) is 1.37 Å². The molecule has 0 aromatic heterocycles. The minimum absolute atomic E-state index is 0.537. The summed E-state index contributed by atoms with van der Waals surface area (Å²) < 4.78 is 155. The van der Waals surface area contributed by atoms with E-state index in [0.717, 1.165) is 12.1 Å². The molecule has 0 spiro atoms. The molecule has 4 nitrogen and oxygen atoms in total. The Morgan fingerprint density at radius 3 is 2.61 bits per heavy atom. The molecule has 0 aliphatic heterocycles. The summed E-state index contributed by atoms with van der Waals surface area (Å²) >= 11 is 0. The number of carbonyl (C=O) groups excluding carboxylic acids is 1. The lowest BCUT2D eigenvalue weighted by Crippen LogP contribution is -2.45. The molecule has 1 amide bonds. The molecule has 1 aromatic rings. The first-order valence-corrected chi connectivity index (χ1v) is 6.41. The maximum Gasteiger partial charge on any atom is 0.326 e. The molecule has 0 radical (unpaired) electrons. The minimum atomic E-state index is -4.53. The molecule has 0 saturated heterocycles. The van der Waals surface area contributed by atoms with Gasteiger partial charge < -0.3 is 10.4 Å². The molecule has 1 aromatic carbocycles. The summed E-state index contributed by atoms with van der Waals surface area (Å²) in [6, 6.07) is 1.96. The van der Waals surface area contributed by atoms with Gasteiger partial charge >= 0.3 is 5.97 Å². The number of nitrogens with one attached hydrogen (secondary N) is 1. The molecular weight excluding hydrogens is 290 g/mol. The first-order valence-electron chi connectivity index (χ1n) is 15.9. The number of aliphatic carboxylic acids is 1. The van der Waals surface area contributed by atoms with Gasteiger partial charge in [-0.05, 0) is 42.9 Å². The lowest BCUT2D eigenvalue weighted by atomic mass is 9.76. The average molecular weight is 337 g/mol. The Morgan fingerprint density at radius 2 is 2.04 bits per heavy atom. The van der Waals surface area contributed by atoms with Crippen molar-refractivity contribution in [3.8, 4) is 0 Å². The lowest BCUT2D eigenvalue weighted by Gasteiger charge is -2.30. The number of carbonyl (C=O) groups is 2. The third-order valence-electron chi connectivity index (χ3n) is 2.66. The van der Waals surface area contributed by atoms with Gasteiger partial charge in [-0.1, -0.05) is 44.0 Å². The van der Waals surface area contributed by atoms with Crippen LogP contribution in [0.15, 0.2) is 30.3 Å². The van der Waals surface area contributed by atoms with Gasteiger partial charge in [0, 0.05) is 36.9 Å². The number of hydrogen-bond donors (Lipinski definition) is 2. The summed E-state index contributed by atoms with van der Waals surface area (Å²) in [6.07, 6.45) is -21.5. The average Bonchev–Trinajstić information content (AvgIpc) is 2.80. The van der Waals surface area contributed by atoms with E-state index in [1.807, 2.05) is 0 Å². The van der Waals surface area contributed by atoms with E-state index in [1.54, 1.807) is 0 Å². The molecular formula is C19H27NO3. The fourth-order valence-corrected chi connectivity index (χ4v) is 1.56. The first-order chi connectivity index (χ1) is 18.3. The molecule has 0 heterocycles. The summed E-state index contributed by atoms with van der Waals surface area (Å²) in [5.41, 5.74) is -0.537. The Labute approximate surface area is 165 Å². The van der Waals surface area contributed by atoms with Crippen molar-refractivity contribution in [2.45, 2.75) is 51.6 Å². The number of hydrogen-bond acceptors (Lipinski definition) is 2. The molecule has 1 atom stereocenters. The van der Waals surface area contributed by atoms with E-state index in [0.29, 0.717) is 0 Å². The van der Waals surface area contributed by atoms with Crippen LogP contribution in [0.3, 0.4) is 0 Å². The van der Waals surface area contributed by atoms with Crippen LogP contribution in [0.4, 0.5) is 0 Å². The molecule has 1 aliphatic rings. The standard InChI is InChI=1S/C19H27NO3/c1-13(2)15-8-10-16(11-9-15)18(21)20-17(19(22)23)12-14-6-4-3-5-7-14/h3-7,13,15-17H,8-12H2,1-2H3,(H,20,21)(H,22,23)/t15?,16?,17-/m0/s1/i1D3,2D3,8D2,9D2,10D2,11D2,12D2,15D,16D,17D. The molecule has 0 bridgehead atoms. The van der Waals surface area contributed by atoms with Crippen molar-refractivity contribution in [1.29, 1.82) is 0 Å². The fraction of sp³-hybridized carbons (Fsp3) is 0.579. The maximum absolute atomic E-state index is 13.6. The van der Waals surface area contributed by atoms with Gasteiger partial charge in [-0.2, -0.15) is 0 Å². The van der Waals surface area contributed by atoms with Gasteiger partial charge in [0.1, 0.15) is 6.02 Å². The number of amides is 1. The Kier molecular flexibility index (Phi) is 1.80. The third-order valence-corrected chi connectivity index (χ3v) is 2.66. The quantitative estimate of drug-likeness (QED) is 0.838. The van der Waals surface area contributed by atoms with E-state index in [1.165, 1.54) is 23.5 Å². The van der Waals surface area contributed by atoms with Gasteiger partial charge in [0.2, 0.25) is 5.91 Å². The highest BCUT2D eigenvalue weighted by atomic mass is 16.4. The van der Waals surface area contributed by atoms with Crippen molar-refractivity contribution >= 4 is 11.9 Å². The van der Waals surface area contributed by atoms with E-state index in [-0.39, 0.29) is 0 Å². The zero-order valence-electron chi connectivity index (χ0n) is 30.7. The smallest absolute Gasteiger partial charge is 0.326 e. The second-order valence-corrected chi connectivity index (χ2v) is 4.35. The molecule has 1 fully saturated rings. The molecule has 2 N–H and O–H groups in total. The Bertz CT molecular complexity index is 1180. The minimum Gasteiger partial charge on any atom is -0.480 e. The fourth-order valence-electron chi connectivity index (χ4n) is 1.56. The van der Waals surface area contributed by atoms with E-state index in [4.69, 9.17) is 26.0 Å². The number of carboxylic acid groups (broad SMARTS) is 1. The predicted molar refractivity (Wildman–Crippen MR) is 90.0 cm³/mol. The van der Waals surface area contributed by atoms with E-state index >= 15 is 0 Å². The topological polar surface area (TPSA) is 66.4 Å². The van der Waals surface area contributed by atoms with Crippen molar-refractivity contribution in [2.24, 2.45) is 17.7 Å². The van der Waals surface area contributed by atoms with Gasteiger partial charge in [-0.25, -0.2) is 4.79 Å². The number of benzene rings is 1. The summed E-state index contributed by atoms with van der Waals surface area (Å²) in [5.74, 6) is -17.4. The molecule has 126 valence electrons. The van der Waals surface area contributed by atoms with Crippen LogP contribution in [-0.2, 0) is 16.0 Å². The second kappa shape index (κ2) is 8.14. The zero-order valence-corrected chi connectivity index (χ0v) is 11.7. The van der Waals surface area contributed by atoms with Crippen molar-refractivity contribution in [1.82, 2.24) is 5.32 Å². The first kappa shape index (κ1) is 5.08. The van der Waals surface area contributed by atoms with E-state index in [2.05, 4.69) is 0 Å². The Balaban J connectivity index is 2.93. The van der Waals surface area contributed by atoms with Crippen molar-refractivity contribution in [3.05, 3.63) is 35.9 Å². The Hall–Kier alpha value is -1.84. The van der Waals surface area contributed by atoms with Crippen LogP contribution in [0, 0.1) is 17.7 Å². The van der Waals surface area contributed by atoms with Crippen LogP contribution in [0.25, 0.3) is 0 Å². The highest BCUT2D eigenvalue weighted by Crippen LogP contribution is 2.33. The molecule has 1 saturated carbocycles. The molecule has 23 heavy (non-hydrogen) atoms. The predicted octanol–water partition coefficient (Wildman–Crippen LogP) is 3.26. The normalized spacial score (nSPS) is 53.0. The molecule has 1 aliphatic carbocycles. The van der Waals surface area contributed by atoms with E-state index in [9.17, 15) is 14.7 Å². The largest absolute Gasteiger partial charge is 0.480 e. The maximum atomic E-state index is 13.6. The SMILES string of the molecule is [2H]C([2H])([2H])C(C([2H])([2H])[2H])C1([2H])C([2H])([2H])C([2H])([2H])C([2H])(C(=O)N[C@]([2H])(C(=O)O)C([2H])([2H])c2ccccc2)C([2H])([2H])C1([2H])[2H]. The molecule has 0 unspecified atom stereocenters. The van der Waals surface area contributed by atoms with Crippen LogP contribution in [-0.4, -0.2) is 23.0 Å².